The zero-order chi connectivity index (χ0) is 23.5. The summed E-state index contributed by atoms with van der Waals surface area (Å²) in [6, 6.07) is 22.3. The summed E-state index contributed by atoms with van der Waals surface area (Å²) in [4.78, 5) is 24.1. The Balaban J connectivity index is 1.55. The van der Waals surface area contributed by atoms with Crippen molar-refractivity contribution in [1.29, 1.82) is 0 Å². The van der Waals surface area contributed by atoms with Crippen LogP contribution in [0.3, 0.4) is 0 Å². The number of aromatic nitrogens is 3. The highest BCUT2D eigenvalue weighted by molar-refractivity contribution is 6.04. The Bertz CT molecular complexity index is 1540. The lowest BCUT2D eigenvalue weighted by molar-refractivity contribution is 1.25. The summed E-state index contributed by atoms with van der Waals surface area (Å²) in [6.45, 7) is 6.09. The van der Waals surface area contributed by atoms with Crippen molar-refractivity contribution in [3.8, 4) is 0 Å². The molecule has 3 aromatic heterocycles. The first-order chi connectivity index (χ1) is 16.5. The molecule has 0 atom stereocenters. The van der Waals surface area contributed by atoms with Crippen molar-refractivity contribution in [2.45, 2.75) is 20.8 Å². The maximum absolute atomic E-state index is 4.77. The number of hydrogen-bond acceptors (Lipinski definition) is 3. The van der Waals surface area contributed by atoms with Gasteiger partial charge in [-0.05, 0) is 87.5 Å². The Hall–Kier alpha value is -4.45. The van der Waals surface area contributed by atoms with E-state index >= 15 is 0 Å². The molecule has 5 aromatic rings. The second kappa shape index (κ2) is 9.19. The normalized spacial score (nSPS) is 12.2. The number of aromatic amines is 3. The fourth-order valence-corrected chi connectivity index (χ4v) is 3.84. The molecule has 0 aliphatic rings. The minimum atomic E-state index is 0.855. The number of aliphatic imine (C=N–C) groups is 3. The molecule has 0 saturated heterocycles. The molecule has 0 radical (unpaired) electrons. The molecule has 6 nitrogen and oxygen atoms in total. The van der Waals surface area contributed by atoms with Crippen LogP contribution < -0.4 is 0 Å². The van der Waals surface area contributed by atoms with E-state index in [-0.39, 0.29) is 0 Å². The molecule has 0 aliphatic heterocycles. The highest BCUT2D eigenvalue weighted by atomic mass is 14.8. The average Bonchev–Trinajstić information content (AvgIpc) is 3.56. The fraction of sp³-hybridized carbons (Fsp3) is 0.107. The summed E-state index contributed by atoms with van der Waals surface area (Å²) in [5.41, 5.74) is 8.82. The van der Waals surface area contributed by atoms with Gasteiger partial charge in [0.1, 0.15) is 0 Å². The lowest BCUT2D eigenvalue weighted by atomic mass is 10.1. The molecule has 0 amide bonds. The van der Waals surface area contributed by atoms with Crippen LogP contribution in [0.25, 0.3) is 10.8 Å². The quantitative estimate of drug-likeness (QED) is 0.235. The van der Waals surface area contributed by atoms with Crippen LogP contribution in [-0.2, 0) is 0 Å². The summed E-state index contributed by atoms with van der Waals surface area (Å²) >= 11 is 0. The van der Waals surface area contributed by atoms with E-state index in [0.717, 1.165) is 62.0 Å². The summed E-state index contributed by atoms with van der Waals surface area (Å²) in [5.74, 6) is 0. The summed E-state index contributed by atoms with van der Waals surface area (Å²) < 4.78 is 0. The molecule has 168 valence electrons. The van der Waals surface area contributed by atoms with Crippen LogP contribution in [0.5, 0.6) is 0 Å². The number of nitrogens with zero attached hydrogens (tertiary/aromatic N) is 3. The second-order valence-electron chi connectivity index (χ2n) is 8.40. The smallest absolute Gasteiger partial charge is 0.0711 e. The van der Waals surface area contributed by atoms with E-state index in [4.69, 9.17) is 9.98 Å². The van der Waals surface area contributed by atoms with Gasteiger partial charge in [-0.25, -0.2) is 0 Å². The first kappa shape index (κ1) is 21.4. The molecule has 5 rings (SSSR count). The van der Waals surface area contributed by atoms with Crippen LogP contribution in [0, 0.1) is 20.8 Å². The van der Waals surface area contributed by atoms with Crippen molar-refractivity contribution < 1.29 is 0 Å². The van der Waals surface area contributed by atoms with E-state index in [1.807, 2.05) is 94.0 Å². The van der Waals surface area contributed by atoms with Gasteiger partial charge >= 0.3 is 0 Å². The van der Waals surface area contributed by atoms with Gasteiger partial charge in [0.05, 0.1) is 52.8 Å². The van der Waals surface area contributed by atoms with Gasteiger partial charge in [-0.1, -0.05) is 0 Å². The van der Waals surface area contributed by atoms with Crippen molar-refractivity contribution in [2.75, 3.05) is 0 Å². The first-order valence-electron chi connectivity index (χ1n) is 11.2. The molecule has 34 heavy (non-hydrogen) atoms. The number of nitrogens with one attached hydrogen (secondary N) is 3. The van der Waals surface area contributed by atoms with E-state index < -0.39 is 0 Å². The largest absolute Gasteiger partial charge is 0.358 e. The van der Waals surface area contributed by atoms with E-state index in [2.05, 4.69) is 32.1 Å². The Kier molecular flexibility index (Phi) is 5.79. The molecule has 0 aliphatic carbocycles. The van der Waals surface area contributed by atoms with Crippen molar-refractivity contribution in [1.82, 2.24) is 15.0 Å². The summed E-state index contributed by atoms with van der Waals surface area (Å²) in [5, 5.41) is 2.01. The standard InChI is InChI=1S/C28H26N6/c1-18-4-7-22(32-18)15-29-21-10-11-25-26(14-21)28(31-17-24-9-6-20(3)34-24)13-12-27(25)30-16-23-8-5-19(2)33-23/h4-17,32-34H,1-3H3/b29-15+,30-16+,31-17+. The van der Waals surface area contributed by atoms with Gasteiger partial charge in [0.15, 0.2) is 0 Å². The summed E-state index contributed by atoms with van der Waals surface area (Å²) in [7, 11) is 0. The third-order valence-electron chi connectivity index (χ3n) is 5.56. The molecule has 0 fully saturated rings. The summed E-state index contributed by atoms with van der Waals surface area (Å²) in [6.07, 6.45) is 5.55. The van der Waals surface area contributed by atoms with Gasteiger partial charge in [-0.15, -0.1) is 0 Å². The maximum atomic E-state index is 4.77. The van der Waals surface area contributed by atoms with Crippen LogP contribution in [0.15, 0.2) is 81.7 Å². The van der Waals surface area contributed by atoms with Crippen molar-refractivity contribution in [3.05, 3.63) is 101 Å². The topological polar surface area (TPSA) is 84.4 Å². The molecule has 6 heteroatoms. The molecule has 0 unspecified atom stereocenters. The van der Waals surface area contributed by atoms with Gasteiger partial charge in [-0.3, -0.25) is 15.0 Å². The van der Waals surface area contributed by atoms with Gasteiger partial charge < -0.3 is 15.0 Å². The Morgan fingerprint density at radius 3 is 1.44 bits per heavy atom. The molecular weight excluding hydrogens is 420 g/mol. The number of rotatable bonds is 6. The van der Waals surface area contributed by atoms with Gasteiger partial charge in [0.2, 0.25) is 0 Å². The predicted molar refractivity (Wildman–Crippen MR) is 142 cm³/mol. The number of benzene rings is 2. The average molecular weight is 447 g/mol. The molecular formula is C28H26N6. The molecule has 0 saturated carbocycles. The van der Waals surface area contributed by atoms with E-state index in [0.29, 0.717) is 0 Å². The third kappa shape index (κ3) is 4.81. The van der Waals surface area contributed by atoms with Gasteiger partial charge in [0.25, 0.3) is 0 Å². The molecule has 0 spiro atoms. The maximum Gasteiger partial charge on any atom is 0.0711 e. The fourth-order valence-electron chi connectivity index (χ4n) is 3.84. The van der Waals surface area contributed by atoms with Gasteiger partial charge in [-0.2, -0.15) is 0 Å². The Morgan fingerprint density at radius 2 is 0.971 bits per heavy atom. The van der Waals surface area contributed by atoms with Crippen LogP contribution in [0.1, 0.15) is 34.2 Å². The number of H-pyrrole nitrogens is 3. The monoisotopic (exact) mass is 446 g/mol. The second-order valence-corrected chi connectivity index (χ2v) is 8.40. The minimum absolute atomic E-state index is 0.855. The van der Waals surface area contributed by atoms with Crippen molar-refractivity contribution in [3.63, 3.8) is 0 Å². The highest BCUT2D eigenvalue weighted by Gasteiger charge is 2.07. The van der Waals surface area contributed by atoms with Crippen LogP contribution in [0.2, 0.25) is 0 Å². The zero-order valence-electron chi connectivity index (χ0n) is 19.4. The zero-order valence-corrected chi connectivity index (χ0v) is 19.4. The first-order valence-corrected chi connectivity index (χ1v) is 11.2. The molecule has 3 N–H and O–H groups in total. The van der Waals surface area contributed by atoms with Crippen molar-refractivity contribution in [2.24, 2.45) is 15.0 Å². The Morgan fingerprint density at radius 1 is 0.500 bits per heavy atom. The van der Waals surface area contributed by atoms with Crippen LogP contribution in [-0.4, -0.2) is 33.6 Å². The highest BCUT2D eigenvalue weighted by Crippen LogP contribution is 2.36. The van der Waals surface area contributed by atoms with E-state index in [9.17, 15) is 0 Å². The lowest BCUT2D eigenvalue weighted by Crippen LogP contribution is -1.84. The van der Waals surface area contributed by atoms with E-state index in [1.165, 1.54) is 0 Å². The number of aryl methyl sites for hydroxylation is 3. The van der Waals surface area contributed by atoms with E-state index in [1.54, 1.807) is 0 Å². The Labute approximate surface area is 198 Å². The lowest BCUT2D eigenvalue weighted by Gasteiger charge is -2.07. The number of hydrogen-bond donors (Lipinski definition) is 3. The predicted octanol–water partition coefficient (Wildman–Crippen LogP) is 7.00. The van der Waals surface area contributed by atoms with Crippen molar-refractivity contribution >= 4 is 46.5 Å². The third-order valence-corrected chi connectivity index (χ3v) is 5.56. The van der Waals surface area contributed by atoms with Crippen LogP contribution >= 0.6 is 0 Å². The van der Waals surface area contributed by atoms with Crippen LogP contribution in [0.4, 0.5) is 17.1 Å². The SMILES string of the molecule is Cc1ccc(/C=N/c2ccc3c(/N=C/c4ccc(C)[nH]4)ccc(/N=C/c4ccc(C)[nH]4)c3c2)[nH]1. The number of fused-ring (bicyclic) bond motifs is 1. The minimum Gasteiger partial charge on any atom is -0.358 e. The molecule has 0 bridgehead atoms. The molecule has 3 heterocycles. The van der Waals surface area contributed by atoms with Gasteiger partial charge in [0, 0.05) is 27.9 Å². The molecule has 2 aromatic carbocycles.